The molecule has 1 aliphatic heterocycles. The number of hydrazone groups is 1. The standard InChI is InChI=1S/C29H20N4O3/c1-19-24(28(34)33(30-19)23-13-6-3-7-14-23)17-21-18-32(22-11-4-2-5-12-22)31-27(21)25-16-20-10-8-9-15-26(20)36-29(25)35/h2-18H,1H3. The Morgan fingerprint density at radius 2 is 1.50 bits per heavy atom. The maximum atomic E-state index is 13.3. The van der Waals surface area contributed by atoms with Crippen LogP contribution in [0.1, 0.15) is 12.5 Å². The highest BCUT2D eigenvalue weighted by molar-refractivity contribution is 6.32. The molecule has 0 spiro atoms. The second kappa shape index (κ2) is 8.63. The smallest absolute Gasteiger partial charge is 0.345 e. The van der Waals surface area contributed by atoms with Crippen molar-refractivity contribution in [2.24, 2.45) is 5.10 Å². The largest absolute Gasteiger partial charge is 0.422 e. The lowest BCUT2D eigenvalue weighted by molar-refractivity contribution is -0.114. The zero-order valence-corrected chi connectivity index (χ0v) is 19.3. The number of hydrogen-bond acceptors (Lipinski definition) is 5. The molecule has 0 aliphatic carbocycles. The van der Waals surface area contributed by atoms with Gasteiger partial charge >= 0.3 is 5.63 Å². The first-order valence-electron chi connectivity index (χ1n) is 11.4. The maximum absolute atomic E-state index is 13.3. The van der Waals surface area contributed by atoms with E-state index in [2.05, 4.69) is 5.10 Å². The van der Waals surface area contributed by atoms with Crippen LogP contribution in [0.3, 0.4) is 0 Å². The van der Waals surface area contributed by atoms with Crippen molar-refractivity contribution in [2.75, 3.05) is 5.01 Å². The first kappa shape index (κ1) is 21.5. The summed E-state index contributed by atoms with van der Waals surface area (Å²) in [6, 6.07) is 27.9. The van der Waals surface area contributed by atoms with Gasteiger partial charge < -0.3 is 4.42 Å². The van der Waals surface area contributed by atoms with Gasteiger partial charge in [-0.3, -0.25) is 4.79 Å². The molecule has 6 rings (SSSR count). The van der Waals surface area contributed by atoms with Crippen molar-refractivity contribution in [3.05, 3.63) is 119 Å². The van der Waals surface area contributed by atoms with Gasteiger partial charge in [0, 0.05) is 17.1 Å². The van der Waals surface area contributed by atoms with Crippen LogP contribution in [0.2, 0.25) is 0 Å². The lowest BCUT2D eigenvalue weighted by Crippen LogP contribution is -2.21. The third kappa shape index (κ3) is 3.73. The fourth-order valence-corrected chi connectivity index (χ4v) is 4.23. The average molecular weight is 473 g/mol. The SMILES string of the molecule is CC1=NN(c2ccccc2)C(=O)C1=Cc1cn(-c2ccccc2)nc1-c1cc2ccccc2oc1=O. The molecular formula is C29H20N4O3. The Kier molecular flexibility index (Phi) is 5.15. The molecule has 7 nitrogen and oxygen atoms in total. The van der Waals surface area contributed by atoms with Gasteiger partial charge in [0.15, 0.2) is 0 Å². The Bertz CT molecular complexity index is 1730. The van der Waals surface area contributed by atoms with Crippen molar-refractivity contribution in [1.82, 2.24) is 9.78 Å². The molecule has 1 aliphatic rings. The first-order valence-corrected chi connectivity index (χ1v) is 11.4. The Hall–Kier alpha value is -5.04. The van der Waals surface area contributed by atoms with Gasteiger partial charge in [0.1, 0.15) is 11.3 Å². The zero-order chi connectivity index (χ0) is 24.6. The highest BCUT2D eigenvalue weighted by Gasteiger charge is 2.29. The summed E-state index contributed by atoms with van der Waals surface area (Å²) in [5, 5.41) is 11.4. The van der Waals surface area contributed by atoms with Crippen molar-refractivity contribution in [3.63, 3.8) is 0 Å². The second-order valence-electron chi connectivity index (χ2n) is 8.39. The van der Waals surface area contributed by atoms with E-state index in [1.54, 1.807) is 36.0 Å². The highest BCUT2D eigenvalue weighted by atomic mass is 16.4. The van der Waals surface area contributed by atoms with Crippen LogP contribution in [-0.2, 0) is 4.79 Å². The quantitative estimate of drug-likeness (QED) is 0.257. The number of aromatic nitrogens is 2. The zero-order valence-electron chi connectivity index (χ0n) is 19.3. The molecule has 174 valence electrons. The molecule has 0 saturated heterocycles. The molecule has 3 aromatic carbocycles. The molecule has 0 fully saturated rings. The molecule has 36 heavy (non-hydrogen) atoms. The van der Waals surface area contributed by atoms with Gasteiger partial charge in [-0.1, -0.05) is 54.6 Å². The van der Waals surface area contributed by atoms with Crippen molar-refractivity contribution >= 4 is 34.4 Å². The van der Waals surface area contributed by atoms with Crippen LogP contribution in [0.25, 0.3) is 34.0 Å². The van der Waals surface area contributed by atoms with Crippen LogP contribution in [-0.4, -0.2) is 21.4 Å². The van der Waals surface area contributed by atoms with E-state index in [0.717, 1.165) is 11.1 Å². The molecule has 0 N–H and O–H groups in total. The first-order chi connectivity index (χ1) is 17.6. The van der Waals surface area contributed by atoms with Crippen LogP contribution in [0.4, 0.5) is 5.69 Å². The number of carbonyl (C=O) groups is 1. The molecule has 0 bridgehead atoms. The Morgan fingerprint density at radius 3 is 2.25 bits per heavy atom. The Balaban J connectivity index is 1.51. The monoisotopic (exact) mass is 472 g/mol. The number of benzene rings is 3. The van der Waals surface area contributed by atoms with Crippen LogP contribution in [0.5, 0.6) is 0 Å². The molecule has 0 atom stereocenters. The third-order valence-electron chi connectivity index (χ3n) is 6.02. The average Bonchev–Trinajstić information content (AvgIpc) is 3.46. The van der Waals surface area contributed by atoms with Crippen LogP contribution in [0, 0.1) is 0 Å². The molecule has 0 radical (unpaired) electrons. The normalized spacial score (nSPS) is 14.6. The molecule has 0 saturated carbocycles. The number of amides is 1. The summed E-state index contributed by atoms with van der Waals surface area (Å²) in [6.45, 7) is 1.79. The van der Waals surface area contributed by atoms with E-state index in [1.165, 1.54) is 5.01 Å². The lowest BCUT2D eigenvalue weighted by atomic mass is 10.0. The minimum atomic E-state index is -0.499. The van der Waals surface area contributed by atoms with Gasteiger partial charge in [-0.25, -0.2) is 9.48 Å². The molecule has 0 unspecified atom stereocenters. The predicted molar refractivity (Wildman–Crippen MR) is 140 cm³/mol. The number of nitrogens with zero attached hydrogens (tertiary/aromatic N) is 4. The van der Waals surface area contributed by atoms with Crippen molar-refractivity contribution < 1.29 is 9.21 Å². The van der Waals surface area contributed by atoms with Crippen molar-refractivity contribution in [3.8, 4) is 16.9 Å². The Labute approximate surface area is 206 Å². The second-order valence-corrected chi connectivity index (χ2v) is 8.39. The van der Waals surface area contributed by atoms with Crippen molar-refractivity contribution in [1.29, 1.82) is 0 Å². The fraction of sp³-hybridized carbons (Fsp3) is 0.0345. The minimum Gasteiger partial charge on any atom is -0.422 e. The van der Waals surface area contributed by atoms with Crippen LogP contribution in [0.15, 0.2) is 117 Å². The van der Waals surface area contributed by atoms with Gasteiger partial charge in [-0.2, -0.15) is 15.2 Å². The summed E-state index contributed by atoms with van der Waals surface area (Å²) in [4.78, 5) is 26.3. The van der Waals surface area contributed by atoms with Gasteiger partial charge in [0.25, 0.3) is 5.91 Å². The molecule has 1 amide bonds. The third-order valence-corrected chi connectivity index (χ3v) is 6.02. The molecule has 2 aromatic heterocycles. The van der Waals surface area contributed by atoms with E-state index in [0.29, 0.717) is 39.4 Å². The van der Waals surface area contributed by atoms with Gasteiger partial charge in [0.2, 0.25) is 0 Å². The lowest BCUT2D eigenvalue weighted by Gasteiger charge is -2.11. The van der Waals surface area contributed by atoms with E-state index in [4.69, 9.17) is 9.52 Å². The van der Waals surface area contributed by atoms with E-state index >= 15 is 0 Å². The number of hydrogen-bond donors (Lipinski definition) is 0. The summed E-state index contributed by atoms with van der Waals surface area (Å²) < 4.78 is 7.27. The number of fused-ring (bicyclic) bond motifs is 1. The fourth-order valence-electron chi connectivity index (χ4n) is 4.23. The number of anilines is 1. The maximum Gasteiger partial charge on any atom is 0.345 e. The van der Waals surface area contributed by atoms with E-state index in [-0.39, 0.29) is 5.91 Å². The summed E-state index contributed by atoms with van der Waals surface area (Å²) in [5.74, 6) is -0.248. The molecule has 5 aromatic rings. The van der Waals surface area contributed by atoms with Gasteiger partial charge in [0.05, 0.1) is 28.2 Å². The van der Waals surface area contributed by atoms with E-state index < -0.39 is 5.63 Å². The number of para-hydroxylation sites is 3. The minimum absolute atomic E-state index is 0.248. The Morgan fingerprint density at radius 1 is 0.833 bits per heavy atom. The van der Waals surface area contributed by atoms with E-state index in [9.17, 15) is 9.59 Å². The summed E-state index contributed by atoms with van der Waals surface area (Å²) >= 11 is 0. The van der Waals surface area contributed by atoms with E-state index in [1.807, 2.05) is 78.9 Å². The van der Waals surface area contributed by atoms with Crippen LogP contribution >= 0.6 is 0 Å². The summed E-state index contributed by atoms with van der Waals surface area (Å²) in [5.41, 5.74) is 3.85. The highest BCUT2D eigenvalue weighted by Crippen LogP contribution is 2.29. The summed E-state index contributed by atoms with van der Waals surface area (Å²) in [7, 11) is 0. The topological polar surface area (TPSA) is 80.7 Å². The molecular weight excluding hydrogens is 452 g/mol. The molecule has 7 heteroatoms. The van der Waals surface area contributed by atoms with Gasteiger partial charge in [-0.05, 0) is 49.4 Å². The number of rotatable bonds is 4. The number of carbonyl (C=O) groups excluding carboxylic acids is 1. The van der Waals surface area contributed by atoms with Gasteiger partial charge in [-0.15, -0.1) is 0 Å². The van der Waals surface area contributed by atoms with Crippen LogP contribution < -0.4 is 10.6 Å². The predicted octanol–water partition coefficient (Wildman–Crippen LogP) is 5.45. The molecule has 3 heterocycles. The summed E-state index contributed by atoms with van der Waals surface area (Å²) in [6.07, 6.45) is 3.54. The van der Waals surface area contributed by atoms with Crippen molar-refractivity contribution in [2.45, 2.75) is 6.92 Å².